The molecule has 1 N–H and O–H groups in total. The molecule has 118 valence electrons. The van der Waals surface area contributed by atoms with E-state index in [0.29, 0.717) is 0 Å². The maximum atomic E-state index is 9.38. The van der Waals surface area contributed by atoms with E-state index in [1.807, 2.05) is 11.7 Å². The highest BCUT2D eigenvalue weighted by atomic mass is 16.5. The Morgan fingerprint density at radius 2 is 2.05 bits per heavy atom. The Morgan fingerprint density at radius 1 is 1.24 bits per heavy atom. The smallest absolute Gasteiger partial charge is 0.168 e. The van der Waals surface area contributed by atoms with Crippen molar-refractivity contribution in [1.82, 2.24) is 30.0 Å². The zero-order chi connectivity index (χ0) is 14.7. The van der Waals surface area contributed by atoms with Crippen LogP contribution in [0.3, 0.4) is 0 Å². The van der Waals surface area contributed by atoms with Crippen molar-refractivity contribution in [2.45, 2.75) is 31.5 Å². The van der Waals surface area contributed by atoms with Crippen molar-refractivity contribution >= 4 is 0 Å². The molecule has 0 saturated carbocycles. The number of likely N-dealkylation sites (tertiary alicyclic amines) is 1. The van der Waals surface area contributed by atoms with Crippen LogP contribution in [0.4, 0.5) is 0 Å². The highest BCUT2D eigenvalue weighted by molar-refractivity contribution is 4.99. The fraction of sp³-hybridized carbons (Fsp3) is 0.923. The molecule has 1 aromatic rings. The van der Waals surface area contributed by atoms with Crippen molar-refractivity contribution in [3.8, 4) is 0 Å². The average molecular weight is 296 g/mol. The van der Waals surface area contributed by atoms with Crippen LogP contribution < -0.4 is 0 Å². The Labute approximate surface area is 124 Å². The van der Waals surface area contributed by atoms with Gasteiger partial charge in [0.05, 0.1) is 32.4 Å². The number of nitrogens with zero attached hydrogens (tertiary/aromatic N) is 6. The van der Waals surface area contributed by atoms with E-state index in [1.54, 1.807) is 0 Å². The van der Waals surface area contributed by atoms with Crippen LogP contribution in [0.1, 0.15) is 24.7 Å². The summed E-state index contributed by atoms with van der Waals surface area (Å²) >= 11 is 0. The number of aliphatic hydroxyl groups is 1. The van der Waals surface area contributed by atoms with Gasteiger partial charge in [0.15, 0.2) is 5.82 Å². The lowest BCUT2D eigenvalue weighted by molar-refractivity contribution is 0.0356. The Bertz CT molecular complexity index is 448. The van der Waals surface area contributed by atoms with Gasteiger partial charge < -0.3 is 9.84 Å². The van der Waals surface area contributed by atoms with Gasteiger partial charge in [-0.15, -0.1) is 5.10 Å². The van der Waals surface area contributed by atoms with Crippen LogP contribution in [0.15, 0.2) is 0 Å². The fourth-order valence-corrected chi connectivity index (χ4v) is 3.21. The first-order chi connectivity index (χ1) is 10.3. The molecule has 21 heavy (non-hydrogen) atoms. The van der Waals surface area contributed by atoms with Crippen LogP contribution in [-0.4, -0.2) is 87.7 Å². The minimum Gasteiger partial charge on any atom is -0.395 e. The SMILES string of the molecule is CN1[C@H](CO)CC[C@H]1c1nnnn1CCN1CCOCC1. The Balaban J connectivity index is 1.61. The number of ether oxygens (including phenoxy) is 1. The number of likely N-dealkylation sites (N-methyl/N-ethyl adjacent to an activating group) is 1. The second kappa shape index (κ2) is 6.78. The van der Waals surface area contributed by atoms with Gasteiger partial charge >= 0.3 is 0 Å². The first-order valence-corrected chi connectivity index (χ1v) is 7.68. The van der Waals surface area contributed by atoms with E-state index in [4.69, 9.17) is 4.74 Å². The molecule has 2 aliphatic rings. The van der Waals surface area contributed by atoms with Gasteiger partial charge in [-0.25, -0.2) is 4.68 Å². The second-order valence-corrected chi connectivity index (χ2v) is 5.81. The third-order valence-corrected chi connectivity index (χ3v) is 4.64. The number of rotatable bonds is 5. The topological polar surface area (TPSA) is 79.5 Å². The summed E-state index contributed by atoms with van der Waals surface area (Å²) in [5.41, 5.74) is 0. The molecule has 0 aliphatic carbocycles. The van der Waals surface area contributed by atoms with Gasteiger partial charge in [0.1, 0.15) is 0 Å². The fourth-order valence-electron chi connectivity index (χ4n) is 3.21. The minimum atomic E-state index is 0.197. The second-order valence-electron chi connectivity index (χ2n) is 5.81. The number of tetrazole rings is 1. The lowest BCUT2D eigenvalue weighted by Gasteiger charge is -2.27. The Hall–Kier alpha value is -1.09. The van der Waals surface area contributed by atoms with Gasteiger partial charge in [0, 0.05) is 25.7 Å². The van der Waals surface area contributed by atoms with Gasteiger partial charge in [-0.3, -0.25) is 9.80 Å². The van der Waals surface area contributed by atoms with Crippen LogP contribution in [0, 0.1) is 0 Å². The number of aromatic nitrogens is 4. The number of aliphatic hydroxyl groups excluding tert-OH is 1. The van der Waals surface area contributed by atoms with Gasteiger partial charge in [-0.05, 0) is 30.3 Å². The first kappa shape index (κ1) is 14.8. The molecule has 1 aromatic heterocycles. The molecule has 3 heterocycles. The molecule has 8 heteroatoms. The first-order valence-electron chi connectivity index (χ1n) is 7.68. The number of morpholine rings is 1. The van der Waals surface area contributed by atoms with Gasteiger partial charge in [0.25, 0.3) is 0 Å². The van der Waals surface area contributed by atoms with Crippen molar-refractivity contribution in [3.63, 3.8) is 0 Å². The van der Waals surface area contributed by atoms with E-state index in [0.717, 1.165) is 58.1 Å². The Morgan fingerprint density at radius 3 is 2.76 bits per heavy atom. The monoisotopic (exact) mass is 296 g/mol. The highest BCUT2D eigenvalue weighted by Gasteiger charge is 2.34. The summed E-state index contributed by atoms with van der Waals surface area (Å²) in [5, 5.41) is 21.6. The van der Waals surface area contributed by atoms with Crippen molar-refractivity contribution < 1.29 is 9.84 Å². The molecular formula is C13H24N6O2. The summed E-state index contributed by atoms with van der Waals surface area (Å²) in [5.74, 6) is 0.918. The van der Waals surface area contributed by atoms with Crippen LogP contribution in [0.25, 0.3) is 0 Å². The summed E-state index contributed by atoms with van der Waals surface area (Å²) in [6, 6.07) is 0.432. The van der Waals surface area contributed by atoms with Gasteiger partial charge in [0.2, 0.25) is 0 Å². The largest absolute Gasteiger partial charge is 0.395 e. The predicted octanol–water partition coefficient (Wildman–Crippen LogP) is -0.867. The van der Waals surface area contributed by atoms with Crippen LogP contribution in [-0.2, 0) is 11.3 Å². The molecule has 0 spiro atoms. The quantitative estimate of drug-likeness (QED) is 0.757. The molecule has 2 aliphatic heterocycles. The van der Waals surface area contributed by atoms with E-state index >= 15 is 0 Å². The highest BCUT2D eigenvalue weighted by Crippen LogP contribution is 2.32. The zero-order valence-corrected chi connectivity index (χ0v) is 12.6. The lowest BCUT2D eigenvalue weighted by Crippen LogP contribution is -2.38. The molecule has 0 amide bonds. The van der Waals surface area contributed by atoms with E-state index in [1.165, 1.54) is 0 Å². The minimum absolute atomic E-state index is 0.197. The van der Waals surface area contributed by atoms with Crippen molar-refractivity contribution in [2.75, 3.05) is 46.5 Å². The normalized spacial score (nSPS) is 28.3. The maximum absolute atomic E-state index is 9.38. The van der Waals surface area contributed by atoms with E-state index in [9.17, 15) is 5.11 Å². The molecule has 3 rings (SSSR count). The van der Waals surface area contributed by atoms with Crippen molar-refractivity contribution in [2.24, 2.45) is 0 Å². The summed E-state index contributed by atoms with van der Waals surface area (Å²) in [4.78, 5) is 4.57. The predicted molar refractivity (Wildman–Crippen MR) is 75.7 cm³/mol. The molecule has 0 unspecified atom stereocenters. The Kier molecular flexibility index (Phi) is 4.79. The molecule has 0 bridgehead atoms. The summed E-state index contributed by atoms with van der Waals surface area (Å²) in [6.07, 6.45) is 1.99. The lowest BCUT2D eigenvalue weighted by atomic mass is 10.2. The molecule has 8 nitrogen and oxygen atoms in total. The molecule has 2 fully saturated rings. The molecule has 2 saturated heterocycles. The summed E-state index contributed by atoms with van der Waals surface area (Å²) < 4.78 is 7.27. The number of hydrogen-bond donors (Lipinski definition) is 1. The number of hydrogen-bond acceptors (Lipinski definition) is 7. The third-order valence-electron chi connectivity index (χ3n) is 4.64. The van der Waals surface area contributed by atoms with Crippen molar-refractivity contribution in [1.29, 1.82) is 0 Å². The maximum Gasteiger partial charge on any atom is 0.168 e. The molecule has 0 aromatic carbocycles. The van der Waals surface area contributed by atoms with E-state index in [-0.39, 0.29) is 18.7 Å². The zero-order valence-electron chi connectivity index (χ0n) is 12.6. The molecular weight excluding hydrogens is 272 g/mol. The van der Waals surface area contributed by atoms with Crippen LogP contribution in [0.2, 0.25) is 0 Å². The summed E-state index contributed by atoms with van der Waals surface area (Å²) in [7, 11) is 2.04. The third kappa shape index (κ3) is 3.23. The van der Waals surface area contributed by atoms with Crippen molar-refractivity contribution in [3.05, 3.63) is 5.82 Å². The molecule has 2 atom stereocenters. The standard InChI is InChI=1S/C13H24N6O2/c1-17-11(10-20)2-3-12(17)13-14-15-16-19(13)5-4-18-6-8-21-9-7-18/h11-12,20H,2-10H2,1H3/t11-,12-/m0/s1. The van der Waals surface area contributed by atoms with Gasteiger partial charge in [-0.1, -0.05) is 0 Å². The summed E-state index contributed by atoms with van der Waals surface area (Å²) in [6.45, 7) is 5.53. The van der Waals surface area contributed by atoms with Crippen LogP contribution >= 0.6 is 0 Å². The van der Waals surface area contributed by atoms with E-state index < -0.39 is 0 Å². The van der Waals surface area contributed by atoms with E-state index in [2.05, 4.69) is 25.3 Å². The van der Waals surface area contributed by atoms with Gasteiger partial charge in [-0.2, -0.15) is 0 Å². The van der Waals surface area contributed by atoms with Crippen LogP contribution in [0.5, 0.6) is 0 Å². The molecule has 0 radical (unpaired) electrons. The average Bonchev–Trinajstić information content (AvgIpc) is 3.12.